The van der Waals surface area contributed by atoms with Gasteiger partial charge in [-0.15, -0.1) is 0 Å². The number of nitrogens with zero attached hydrogens (tertiary/aromatic N) is 2. The van der Waals surface area contributed by atoms with Gasteiger partial charge < -0.3 is 5.11 Å². The van der Waals surface area contributed by atoms with E-state index >= 15 is 0 Å². The lowest BCUT2D eigenvalue weighted by Gasteiger charge is -2.26. The SMILES string of the molecule is CC1CCC(n2cc(CO)cn2)CC1. The molecule has 1 aliphatic carbocycles. The maximum Gasteiger partial charge on any atom is 0.0712 e. The smallest absolute Gasteiger partial charge is 0.0712 e. The fraction of sp³-hybridized carbons (Fsp3) is 0.727. The number of aliphatic hydroxyl groups excluding tert-OH is 1. The lowest BCUT2D eigenvalue weighted by Crippen LogP contribution is -2.16. The van der Waals surface area contributed by atoms with E-state index in [0.717, 1.165) is 11.5 Å². The Bertz CT molecular complexity index is 287. The van der Waals surface area contributed by atoms with E-state index in [1.165, 1.54) is 25.7 Å². The lowest BCUT2D eigenvalue weighted by atomic mass is 9.87. The number of rotatable bonds is 2. The molecule has 0 aliphatic heterocycles. The average molecular weight is 194 g/mol. The van der Waals surface area contributed by atoms with Crippen LogP contribution in [0, 0.1) is 5.92 Å². The van der Waals surface area contributed by atoms with Crippen LogP contribution < -0.4 is 0 Å². The molecule has 0 spiro atoms. The Morgan fingerprint density at radius 3 is 2.71 bits per heavy atom. The van der Waals surface area contributed by atoms with Crippen LogP contribution in [0.1, 0.15) is 44.2 Å². The van der Waals surface area contributed by atoms with Crippen LogP contribution in [0.15, 0.2) is 12.4 Å². The van der Waals surface area contributed by atoms with Crippen LogP contribution in [0.3, 0.4) is 0 Å². The molecular formula is C11H18N2O. The summed E-state index contributed by atoms with van der Waals surface area (Å²) in [4.78, 5) is 0. The van der Waals surface area contributed by atoms with Crippen LogP contribution in [0.4, 0.5) is 0 Å². The summed E-state index contributed by atoms with van der Waals surface area (Å²) in [5, 5.41) is 13.2. The van der Waals surface area contributed by atoms with Crippen LogP contribution in [0.5, 0.6) is 0 Å². The van der Waals surface area contributed by atoms with Crippen LogP contribution in [0.25, 0.3) is 0 Å². The Labute approximate surface area is 84.7 Å². The number of hydrogen-bond donors (Lipinski definition) is 1. The van der Waals surface area contributed by atoms with E-state index in [4.69, 9.17) is 5.11 Å². The molecule has 1 aliphatic rings. The maximum absolute atomic E-state index is 8.94. The molecule has 1 N–H and O–H groups in total. The van der Waals surface area contributed by atoms with Gasteiger partial charge in [-0.05, 0) is 31.6 Å². The first-order chi connectivity index (χ1) is 6.79. The third-order valence-corrected chi connectivity index (χ3v) is 3.20. The summed E-state index contributed by atoms with van der Waals surface area (Å²) in [6.45, 7) is 2.42. The van der Waals surface area contributed by atoms with E-state index < -0.39 is 0 Å². The van der Waals surface area contributed by atoms with Gasteiger partial charge in [0.2, 0.25) is 0 Å². The molecule has 1 aromatic rings. The van der Waals surface area contributed by atoms with Gasteiger partial charge in [0.15, 0.2) is 0 Å². The van der Waals surface area contributed by atoms with E-state index in [0.29, 0.717) is 6.04 Å². The van der Waals surface area contributed by atoms with Crippen molar-refractivity contribution in [2.24, 2.45) is 5.92 Å². The van der Waals surface area contributed by atoms with Gasteiger partial charge in [0.1, 0.15) is 0 Å². The molecule has 0 radical (unpaired) electrons. The van der Waals surface area contributed by atoms with E-state index in [2.05, 4.69) is 12.0 Å². The molecule has 1 heterocycles. The highest BCUT2D eigenvalue weighted by Gasteiger charge is 2.19. The summed E-state index contributed by atoms with van der Waals surface area (Å²) in [5.41, 5.74) is 0.920. The zero-order chi connectivity index (χ0) is 9.97. The van der Waals surface area contributed by atoms with Gasteiger partial charge in [0.25, 0.3) is 0 Å². The topological polar surface area (TPSA) is 38.0 Å². The fourth-order valence-corrected chi connectivity index (χ4v) is 2.17. The van der Waals surface area contributed by atoms with E-state index in [1.54, 1.807) is 6.20 Å². The van der Waals surface area contributed by atoms with Gasteiger partial charge in [-0.3, -0.25) is 4.68 Å². The molecule has 78 valence electrons. The molecule has 0 bridgehead atoms. The molecule has 3 nitrogen and oxygen atoms in total. The molecule has 1 fully saturated rings. The molecule has 0 saturated heterocycles. The van der Waals surface area contributed by atoms with Gasteiger partial charge >= 0.3 is 0 Å². The van der Waals surface area contributed by atoms with Crippen LogP contribution in [0.2, 0.25) is 0 Å². The normalized spacial score (nSPS) is 27.9. The minimum atomic E-state index is 0.100. The Kier molecular flexibility index (Phi) is 2.87. The molecule has 1 aromatic heterocycles. The molecular weight excluding hydrogens is 176 g/mol. The third-order valence-electron chi connectivity index (χ3n) is 3.20. The van der Waals surface area contributed by atoms with Gasteiger partial charge in [0, 0.05) is 11.8 Å². The number of aromatic nitrogens is 2. The molecule has 0 atom stereocenters. The Hall–Kier alpha value is -0.830. The highest BCUT2D eigenvalue weighted by molar-refractivity contribution is 5.02. The molecule has 0 amide bonds. The third kappa shape index (κ3) is 1.98. The average Bonchev–Trinajstić information content (AvgIpc) is 2.67. The minimum Gasteiger partial charge on any atom is -0.392 e. The minimum absolute atomic E-state index is 0.100. The summed E-state index contributed by atoms with van der Waals surface area (Å²) in [5.74, 6) is 0.874. The first-order valence-corrected chi connectivity index (χ1v) is 5.43. The Morgan fingerprint density at radius 2 is 2.14 bits per heavy atom. The predicted molar refractivity (Wildman–Crippen MR) is 54.8 cm³/mol. The second-order valence-corrected chi connectivity index (χ2v) is 4.40. The van der Waals surface area contributed by atoms with Crippen LogP contribution >= 0.6 is 0 Å². The van der Waals surface area contributed by atoms with Crippen molar-refractivity contribution in [2.45, 2.75) is 45.3 Å². The summed E-state index contributed by atoms with van der Waals surface area (Å²) in [6.07, 6.45) is 8.80. The van der Waals surface area contributed by atoms with E-state index in [1.807, 2.05) is 10.9 Å². The van der Waals surface area contributed by atoms with E-state index in [9.17, 15) is 0 Å². The van der Waals surface area contributed by atoms with Crippen molar-refractivity contribution in [3.63, 3.8) is 0 Å². The van der Waals surface area contributed by atoms with Gasteiger partial charge in [-0.2, -0.15) is 5.10 Å². The second-order valence-electron chi connectivity index (χ2n) is 4.40. The summed E-state index contributed by atoms with van der Waals surface area (Å²) >= 11 is 0. The first-order valence-electron chi connectivity index (χ1n) is 5.43. The molecule has 3 heteroatoms. The largest absolute Gasteiger partial charge is 0.392 e. The summed E-state index contributed by atoms with van der Waals surface area (Å²) in [7, 11) is 0. The fourth-order valence-electron chi connectivity index (χ4n) is 2.17. The standard InChI is InChI=1S/C11H18N2O/c1-9-2-4-11(5-3-9)13-7-10(8-14)6-12-13/h6-7,9,11,14H,2-5,8H2,1H3. The number of aliphatic hydroxyl groups is 1. The van der Waals surface area contributed by atoms with Gasteiger partial charge in [0.05, 0.1) is 18.8 Å². The van der Waals surface area contributed by atoms with Crippen molar-refractivity contribution in [2.75, 3.05) is 0 Å². The molecule has 2 rings (SSSR count). The highest BCUT2D eigenvalue weighted by Crippen LogP contribution is 2.31. The maximum atomic E-state index is 8.94. The zero-order valence-electron chi connectivity index (χ0n) is 8.69. The van der Waals surface area contributed by atoms with Crippen molar-refractivity contribution in [1.82, 2.24) is 9.78 Å². The quantitative estimate of drug-likeness (QED) is 0.783. The monoisotopic (exact) mass is 194 g/mol. The summed E-state index contributed by atoms with van der Waals surface area (Å²) < 4.78 is 2.03. The summed E-state index contributed by atoms with van der Waals surface area (Å²) in [6, 6.07) is 0.562. The molecule has 0 unspecified atom stereocenters. The Morgan fingerprint density at radius 1 is 1.43 bits per heavy atom. The number of hydrogen-bond acceptors (Lipinski definition) is 2. The lowest BCUT2D eigenvalue weighted by molar-refractivity contribution is 0.270. The van der Waals surface area contributed by atoms with Crippen molar-refractivity contribution in [3.8, 4) is 0 Å². The predicted octanol–water partition coefficient (Wildman–Crippen LogP) is 2.13. The van der Waals surface area contributed by atoms with Crippen molar-refractivity contribution < 1.29 is 5.11 Å². The van der Waals surface area contributed by atoms with Crippen molar-refractivity contribution in [1.29, 1.82) is 0 Å². The van der Waals surface area contributed by atoms with Gasteiger partial charge in [-0.1, -0.05) is 6.92 Å². The van der Waals surface area contributed by atoms with Gasteiger partial charge in [-0.25, -0.2) is 0 Å². The first kappa shape index (κ1) is 9.71. The zero-order valence-corrected chi connectivity index (χ0v) is 8.69. The molecule has 14 heavy (non-hydrogen) atoms. The van der Waals surface area contributed by atoms with Crippen molar-refractivity contribution in [3.05, 3.63) is 18.0 Å². The van der Waals surface area contributed by atoms with Crippen LogP contribution in [-0.2, 0) is 6.61 Å². The molecule has 1 saturated carbocycles. The van der Waals surface area contributed by atoms with Crippen LogP contribution in [-0.4, -0.2) is 14.9 Å². The Balaban J connectivity index is 2.01. The van der Waals surface area contributed by atoms with E-state index in [-0.39, 0.29) is 6.61 Å². The highest BCUT2D eigenvalue weighted by atomic mass is 16.3. The second kappa shape index (κ2) is 4.13. The molecule has 0 aromatic carbocycles. The van der Waals surface area contributed by atoms with Crippen molar-refractivity contribution >= 4 is 0 Å².